The average Bonchev–Trinajstić information content (AvgIpc) is 3.39. The Morgan fingerprint density at radius 3 is 1.80 bits per heavy atom. The summed E-state index contributed by atoms with van der Waals surface area (Å²) >= 11 is 1.87. The first-order valence-corrected chi connectivity index (χ1v) is 14.4. The number of benzene rings is 7. The van der Waals surface area contributed by atoms with Crippen LogP contribution in [-0.4, -0.2) is 0 Å². The van der Waals surface area contributed by atoms with E-state index in [-0.39, 0.29) is 0 Å². The van der Waals surface area contributed by atoms with Gasteiger partial charge in [-0.3, -0.25) is 0 Å². The van der Waals surface area contributed by atoms with Crippen LogP contribution in [0.15, 0.2) is 152 Å². The van der Waals surface area contributed by atoms with Crippen LogP contribution in [0, 0.1) is 0 Å². The topological polar surface area (TPSA) is 3.24 Å². The molecule has 8 rings (SSSR count). The van der Waals surface area contributed by atoms with E-state index in [4.69, 9.17) is 0 Å². The smallest absolute Gasteiger partial charge is 0.0554 e. The van der Waals surface area contributed by atoms with Crippen LogP contribution in [0.1, 0.15) is 0 Å². The van der Waals surface area contributed by atoms with Gasteiger partial charge >= 0.3 is 0 Å². The number of anilines is 3. The Morgan fingerprint density at radius 2 is 1.02 bits per heavy atom. The lowest BCUT2D eigenvalue weighted by Gasteiger charge is -2.27. The Bertz CT molecular complexity index is 2160. The SMILES string of the molecule is c1ccc(-c2ccc(N(c3ccc4ccccc4c3)c3cccc4sc5cc6ccccc6cc5c34)cc2)cc1. The Balaban J connectivity index is 1.38. The molecular formula is C38H25NS. The van der Waals surface area contributed by atoms with Crippen LogP contribution in [0.3, 0.4) is 0 Å². The molecule has 0 fully saturated rings. The van der Waals surface area contributed by atoms with Crippen molar-refractivity contribution in [2.75, 3.05) is 4.90 Å². The molecule has 0 saturated carbocycles. The van der Waals surface area contributed by atoms with Gasteiger partial charge in [-0.2, -0.15) is 0 Å². The third-order valence-electron chi connectivity index (χ3n) is 7.81. The highest BCUT2D eigenvalue weighted by Crippen LogP contribution is 2.46. The fourth-order valence-electron chi connectivity index (χ4n) is 5.86. The molecule has 0 aliphatic heterocycles. The second kappa shape index (κ2) is 9.37. The number of fused-ring (bicyclic) bond motifs is 5. The molecule has 0 aliphatic rings. The number of rotatable bonds is 4. The second-order valence-electron chi connectivity index (χ2n) is 10.2. The predicted octanol–water partition coefficient (Wildman–Crippen LogP) is 11.5. The predicted molar refractivity (Wildman–Crippen MR) is 174 cm³/mol. The van der Waals surface area contributed by atoms with E-state index in [1.165, 1.54) is 58.5 Å². The molecule has 0 unspecified atom stereocenters. The number of hydrogen-bond donors (Lipinski definition) is 0. The molecule has 0 amide bonds. The van der Waals surface area contributed by atoms with Crippen LogP contribution in [0.25, 0.3) is 52.8 Å². The summed E-state index contributed by atoms with van der Waals surface area (Å²) in [6, 6.07) is 55.0. The zero-order chi connectivity index (χ0) is 26.5. The van der Waals surface area contributed by atoms with E-state index >= 15 is 0 Å². The number of thiophene rings is 1. The second-order valence-corrected chi connectivity index (χ2v) is 11.3. The maximum atomic E-state index is 2.42. The quantitative estimate of drug-likeness (QED) is 0.220. The van der Waals surface area contributed by atoms with Gasteiger partial charge in [0, 0.05) is 31.5 Å². The third kappa shape index (κ3) is 3.85. The molecule has 8 aromatic rings. The highest BCUT2D eigenvalue weighted by atomic mass is 32.1. The van der Waals surface area contributed by atoms with Crippen molar-refractivity contribution in [3.63, 3.8) is 0 Å². The van der Waals surface area contributed by atoms with E-state index < -0.39 is 0 Å². The minimum Gasteiger partial charge on any atom is -0.310 e. The van der Waals surface area contributed by atoms with Crippen molar-refractivity contribution in [2.24, 2.45) is 0 Å². The molecule has 0 spiro atoms. The van der Waals surface area contributed by atoms with Crippen molar-refractivity contribution in [1.29, 1.82) is 0 Å². The summed E-state index contributed by atoms with van der Waals surface area (Å²) in [6.07, 6.45) is 0. The van der Waals surface area contributed by atoms with E-state index in [9.17, 15) is 0 Å². The Kier molecular flexibility index (Phi) is 5.39. The largest absolute Gasteiger partial charge is 0.310 e. The van der Waals surface area contributed by atoms with E-state index in [1.54, 1.807) is 0 Å². The Morgan fingerprint density at radius 1 is 0.400 bits per heavy atom. The normalized spacial score (nSPS) is 11.5. The molecule has 1 heterocycles. The van der Waals surface area contributed by atoms with Gasteiger partial charge < -0.3 is 4.90 Å². The first kappa shape index (κ1) is 23.0. The van der Waals surface area contributed by atoms with Gasteiger partial charge in [-0.05, 0) is 81.2 Å². The molecule has 188 valence electrons. The van der Waals surface area contributed by atoms with Crippen molar-refractivity contribution >= 4 is 70.1 Å². The Labute approximate surface area is 237 Å². The van der Waals surface area contributed by atoms with Gasteiger partial charge in [-0.25, -0.2) is 0 Å². The number of nitrogens with zero attached hydrogens (tertiary/aromatic N) is 1. The zero-order valence-corrected chi connectivity index (χ0v) is 22.6. The summed E-state index contributed by atoms with van der Waals surface area (Å²) in [7, 11) is 0. The Hall–Kier alpha value is -4.92. The molecule has 1 aromatic heterocycles. The first-order valence-electron chi connectivity index (χ1n) is 13.6. The lowest BCUT2D eigenvalue weighted by Crippen LogP contribution is -2.10. The van der Waals surface area contributed by atoms with Crippen molar-refractivity contribution in [3.8, 4) is 11.1 Å². The van der Waals surface area contributed by atoms with E-state index in [2.05, 4.69) is 157 Å². The molecule has 0 radical (unpaired) electrons. The first-order chi connectivity index (χ1) is 19.8. The van der Waals surface area contributed by atoms with Crippen LogP contribution in [-0.2, 0) is 0 Å². The zero-order valence-electron chi connectivity index (χ0n) is 21.8. The van der Waals surface area contributed by atoms with E-state index in [1.807, 2.05) is 11.3 Å². The fourth-order valence-corrected chi connectivity index (χ4v) is 7.01. The van der Waals surface area contributed by atoms with Gasteiger partial charge in [0.05, 0.1) is 5.69 Å². The molecule has 0 aliphatic carbocycles. The van der Waals surface area contributed by atoms with Gasteiger partial charge in [0.1, 0.15) is 0 Å². The molecule has 2 heteroatoms. The standard InChI is InChI=1S/C38H25NS/c1-2-9-26(10-3-1)28-17-20-32(21-18-28)39(33-22-19-27-11-4-5-12-29(27)23-33)35-15-8-16-36-38(35)34-24-30-13-6-7-14-31(30)25-37(34)40-36/h1-25H. The van der Waals surface area contributed by atoms with Crippen LogP contribution in [0.2, 0.25) is 0 Å². The van der Waals surface area contributed by atoms with E-state index in [0.717, 1.165) is 11.4 Å². The van der Waals surface area contributed by atoms with Crippen molar-refractivity contribution in [3.05, 3.63) is 152 Å². The van der Waals surface area contributed by atoms with Gasteiger partial charge in [-0.15, -0.1) is 11.3 Å². The molecule has 0 atom stereocenters. The van der Waals surface area contributed by atoms with Crippen molar-refractivity contribution in [2.45, 2.75) is 0 Å². The molecule has 0 saturated heterocycles. The van der Waals surface area contributed by atoms with Crippen LogP contribution >= 0.6 is 11.3 Å². The average molecular weight is 528 g/mol. The fraction of sp³-hybridized carbons (Fsp3) is 0. The molecule has 0 bridgehead atoms. The summed E-state index contributed by atoms with van der Waals surface area (Å²) in [5.41, 5.74) is 5.93. The molecule has 7 aromatic carbocycles. The van der Waals surface area contributed by atoms with Gasteiger partial charge in [0.15, 0.2) is 0 Å². The van der Waals surface area contributed by atoms with Gasteiger partial charge in [0.2, 0.25) is 0 Å². The molecular weight excluding hydrogens is 502 g/mol. The molecule has 40 heavy (non-hydrogen) atoms. The highest BCUT2D eigenvalue weighted by molar-refractivity contribution is 7.26. The molecule has 0 N–H and O–H groups in total. The minimum absolute atomic E-state index is 1.14. The van der Waals surface area contributed by atoms with E-state index in [0.29, 0.717) is 0 Å². The van der Waals surface area contributed by atoms with Crippen LogP contribution < -0.4 is 4.90 Å². The maximum absolute atomic E-state index is 2.42. The summed E-state index contributed by atoms with van der Waals surface area (Å²) in [5.74, 6) is 0. The third-order valence-corrected chi connectivity index (χ3v) is 8.92. The van der Waals surface area contributed by atoms with Gasteiger partial charge in [0.25, 0.3) is 0 Å². The minimum atomic E-state index is 1.14. The van der Waals surface area contributed by atoms with Crippen LogP contribution in [0.4, 0.5) is 17.1 Å². The molecule has 1 nitrogen and oxygen atoms in total. The summed E-state index contributed by atoms with van der Waals surface area (Å²) in [6.45, 7) is 0. The van der Waals surface area contributed by atoms with Gasteiger partial charge in [-0.1, -0.05) is 103 Å². The lowest BCUT2D eigenvalue weighted by atomic mass is 10.0. The van der Waals surface area contributed by atoms with Crippen molar-refractivity contribution < 1.29 is 0 Å². The van der Waals surface area contributed by atoms with Crippen molar-refractivity contribution in [1.82, 2.24) is 0 Å². The number of hydrogen-bond acceptors (Lipinski definition) is 2. The highest BCUT2D eigenvalue weighted by Gasteiger charge is 2.19. The lowest BCUT2D eigenvalue weighted by molar-refractivity contribution is 1.31. The van der Waals surface area contributed by atoms with Crippen LogP contribution in [0.5, 0.6) is 0 Å². The maximum Gasteiger partial charge on any atom is 0.0554 e. The summed E-state index contributed by atoms with van der Waals surface area (Å²) < 4.78 is 2.62. The summed E-state index contributed by atoms with van der Waals surface area (Å²) in [5, 5.41) is 7.64. The monoisotopic (exact) mass is 527 g/mol. The summed E-state index contributed by atoms with van der Waals surface area (Å²) in [4.78, 5) is 2.42.